The Hall–Kier alpha value is -0.380. The van der Waals surface area contributed by atoms with E-state index >= 15 is 0 Å². The summed E-state index contributed by atoms with van der Waals surface area (Å²) in [6.07, 6.45) is 2.46. The molecule has 1 aliphatic heterocycles. The van der Waals surface area contributed by atoms with Crippen LogP contribution in [-0.2, 0) is 13.0 Å². The van der Waals surface area contributed by atoms with Crippen molar-refractivity contribution in [2.75, 3.05) is 19.6 Å². The molecule has 0 amide bonds. The summed E-state index contributed by atoms with van der Waals surface area (Å²) in [6.45, 7) is 16.2. The second kappa shape index (κ2) is 6.17. The van der Waals surface area contributed by atoms with Gasteiger partial charge in [-0.25, -0.2) is 0 Å². The molecule has 0 radical (unpaired) electrons. The smallest absolute Gasteiger partial charge is 0.0245 e. The van der Waals surface area contributed by atoms with E-state index < -0.39 is 0 Å². The normalized spacial score (nSPS) is 19.6. The molecule has 1 aromatic rings. The minimum atomic E-state index is 0.207. The van der Waals surface area contributed by atoms with E-state index in [9.17, 15) is 0 Å². The van der Waals surface area contributed by atoms with Crippen molar-refractivity contribution < 1.29 is 0 Å². The fourth-order valence-electron chi connectivity index (χ4n) is 2.75. The van der Waals surface area contributed by atoms with Crippen LogP contribution in [0.3, 0.4) is 0 Å². The van der Waals surface area contributed by atoms with Gasteiger partial charge in [0.25, 0.3) is 0 Å². The fourth-order valence-corrected chi connectivity index (χ4v) is 3.64. The third kappa shape index (κ3) is 4.31. The first-order valence-electron chi connectivity index (χ1n) is 7.84. The van der Waals surface area contributed by atoms with E-state index in [1.165, 1.54) is 25.9 Å². The van der Waals surface area contributed by atoms with Crippen LogP contribution in [0.25, 0.3) is 0 Å². The second-order valence-corrected chi connectivity index (χ2v) is 8.60. The van der Waals surface area contributed by atoms with Crippen molar-refractivity contribution in [3.63, 3.8) is 0 Å². The van der Waals surface area contributed by atoms with Gasteiger partial charge in [-0.3, -0.25) is 4.90 Å². The zero-order chi connectivity index (χ0) is 14.8. The van der Waals surface area contributed by atoms with Crippen molar-refractivity contribution in [3.05, 3.63) is 21.9 Å². The van der Waals surface area contributed by atoms with E-state index in [1.807, 2.05) is 11.3 Å². The van der Waals surface area contributed by atoms with Crippen molar-refractivity contribution in [2.24, 2.45) is 5.41 Å². The Bertz CT molecular complexity index is 432. The predicted octanol–water partition coefficient (Wildman–Crippen LogP) is 3.91. The van der Waals surface area contributed by atoms with Gasteiger partial charge in [-0.05, 0) is 56.0 Å². The molecule has 0 aliphatic carbocycles. The maximum atomic E-state index is 3.69. The molecule has 1 atom stereocenters. The van der Waals surface area contributed by atoms with E-state index in [-0.39, 0.29) is 5.54 Å². The highest BCUT2D eigenvalue weighted by atomic mass is 32.1. The number of hydrogen-bond acceptors (Lipinski definition) is 3. The monoisotopic (exact) mass is 294 g/mol. The average molecular weight is 295 g/mol. The van der Waals surface area contributed by atoms with Crippen LogP contribution >= 0.6 is 11.3 Å². The molecule has 1 unspecified atom stereocenters. The van der Waals surface area contributed by atoms with Gasteiger partial charge in [-0.15, -0.1) is 11.3 Å². The van der Waals surface area contributed by atoms with Crippen molar-refractivity contribution in [3.8, 4) is 0 Å². The van der Waals surface area contributed by atoms with Crippen molar-refractivity contribution in [2.45, 2.75) is 59.5 Å². The molecule has 114 valence electrons. The summed E-state index contributed by atoms with van der Waals surface area (Å²) in [5, 5.41) is 5.94. The largest absolute Gasteiger partial charge is 0.311 e. The van der Waals surface area contributed by atoms with Gasteiger partial charge in [0.15, 0.2) is 0 Å². The Morgan fingerprint density at radius 2 is 2.05 bits per heavy atom. The first kappa shape index (κ1) is 16.0. The summed E-state index contributed by atoms with van der Waals surface area (Å²) in [5.74, 6) is 0. The van der Waals surface area contributed by atoms with Crippen LogP contribution < -0.4 is 5.32 Å². The Morgan fingerprint density at radius 1 is 1.30 bits per heavy atom. The zero-order valence-electron chi connectivity index (χ0n) is 13.8. The van der Waals surface area contributed by atoms with Crippen LogP contribution in [0.15, 0.2) is 11.4 Å². The quantitative estimate of drug-likeness (QED) is 0.885. The van der Waals surface area contributed by atoms with E-state index in [0.29, 0.717) is 5.41 Å². The van der Waals surface area contributed by atoms with Crippen molar-refractivity contribution in [1.82, 2.24) is 10.2 Å². The lowest BCUT2D eigenvalue weighted by molar-refractivity contribution is 0.136. The van der Waals surface area contributed by atoms with Crippen LogP contribution in [0.2, 0.25) is 0 Å². The summed E-state index contributed by atoms with van der Waals surface area (Å²) in [7, 11) is 0. The fraction of sp³-hybridized carbons (Fsp3) is 0.765. The number of hydrogen-bond donors (Lipinski definition) is 1. The molecule has 0 saturated heterocycles. The Balaban J connectivity index is 1.93. The van der Waals surface area contributed by atoms with Crippen LogP contribution in [0.4, 0.5) is 0 Å². The van der Waals surface area contributed by atoms with E-state index in [0.717, 1.165) is 13.1 Å². The SMILES string of the molecule is CCC(C)(CNC(C)(C)C)CN1CCc2sccc2C1. The highest BCUT2D eigenvalue weighted by Crippen LogP contribution is 2.28. The summed E-state index contributed by atoms with van der Waals surface area (Å²) >= 11 is 1.93. The number of nitrogens with one attached hydrogen (secondary N) is 1. The lowest BCUT2D eigenvalue weighted by Crippen LogP contribution is -2.48. The van der Waals surface area contributed by atoms with Gasteiger partial charge in [-0.1, -0.05) is 13.8 Å². The molecule has 3 heteroatoms. The highest BCUT2D eigenvalue weighted by Gasteiger charge is 2.28. The van der Waals surface area contributed by atoms with Crippen LogP contribution in [-0.4, -0.2) is 30.1 Å². The Kier molecular flexibility index (Phi) is 4.93. The maximum absolute atomic E-state index is 3.69. The third-order valence-electron chi connectivity index (χ3n) is 4.39. The van der Waals surface area contributed by atoms with Gasteiger partial charge in [0.1, 0.15) is 0 Å². The van der Waals surface area contributed by atoms with E-state index in [1.54, 1.807) is 10.4 Å². The topological polar surface area (TPSA) is 15.3 Å². The number of fused-ring (bicyclic) bond motifs is 1. The standard InChI is InChI=1S/C17H30N2S/c1-6-17(5,12-18-16(2,3)4)13-19-9-7-15-14(11-19)8-10-20-15/h8,10,18H,6-7,9,11-13H2,1-5H3. The van der Waals surface area contributed by atoms with E-state index in [2.05, 4.69) is 56.3 Å². The zero-order valence-corrected chi connectivity index (χ0v) is 14.6. The molecule has 1 aromatic heterocycles. The van der Waals surface area contributed by atoms with Crippen LogP contribution in [0, 0.1) is 5.41 Å². The molecule has 0 bridgehead atoms. The lowest BCUT2D eigenvalue weighted by Gasteiger charge is -2.38. The number of thiophene rings is 1. The molecule has 2 heterocycles. The summed E-state index contributed by atoms with van der Waals surface area (Å²) in [4.78, 5) is 4.25. The molecule has 20 heavy (non-hydrogen) atoms. The van der Waals surface area contributed by atoms with E-state index in [4.69, 9.17) is 0 Å². The maximum Gasteiger partial charge on any atom is 0.0245 e. The van der Waals surface area contributed by atoms with Gasteiger partial charge in [-0.2, -0.15) is 0 Å². The molecular weight excluding hydrogens is 264 g/mol. The molecule has 0 saturated carbocycles. The number of nitrogens with zero attached hydrogens (tertiary/aromatic N) is 1. The second-order valence-electron chi connectivity index (χ2n) is 7.60. The first-order chi connectivity index (χ1) is 9.31. The molecule has 1 aliphatic rings. The van der Waals surface area contributed by atoms with Gasteiger partial charge >= 0.3 is 0 Å². The summed E-state index contributed by atoms with van der Waals surface area (Å²) in [6, 6.07) is 2.31. The molecule has 0 fully saturated rings. The molecular formula is C17H30N2S. The Labute approximate surface area is 128 Å². The molecule has 0 aromatic carbocycles. The predicted molar refractivity (Wildman–Crippen MR) is 89.5 cm³/mol. The lowest BCUT2D eigenvalue weighted by atomic mass is 9.85. The first-order valence-corrected chi connectivity index (χ1v) is 8.72. The third-order valence-corrected chi connectivity index (χ3v) is 5.41. The number of rotatable bonds is 5. The van der Waals surface area contributed by atoms with Gasteiger partial charge in [0, 0.05) is 36.6 Å². The van der Waals surface area contributed by atoms with Gasteiger partial charge in [0.05, 0.1) is 0 Å². The van der Waals surface area contributed by atoms with Gasteiger partial charge in [0.2, 0.25) is 0 Å². The summed E-state index contributed by atoms with van der Waals surface area (Å²) in [5.41, 5.74) is 2.13. The van der Waals surface area contributed by atoms with Crippen LogP contribution in [0.1, 0.15) is 51.5 Å². The van der Waals surface area contributed by atoms with Crippen molar-refractivity contribution >= 4 is 11.3 Å². The minimum Gasteiger partial charge on any atom is -0.311 e. The molecule has 0 spiro atoms. The molecule has 1 N–H and O–H groups in total. The summed E-state index contributed by atoms with van der Waals surface area (Å²) < 4.78 is 0. The van der Waals surface area contributed by atoms with Gasteiger partial charge < -0.3 is 5.32 Å². The molecule has 2 rings (SSSR count). The van der Waals surface area contributed by atoms with Crippen LogP contribution in [0.5, 0.6) is 0 Å². The van der Waals surface area contributed by atoms with Crippen molar-refractivity contribution in [1.29, 1.82) is 0 Å². The molecule has 2 nitrogen and oxygen atoms in total. The Morgan fingerprint density at radius 3 is 2.70 bits per heavy atom. The minimum absolute atomic E-state index is 0.207. The highest BCUT2D eigenvalue weighted by molar-refractivity contribution is 7.10. The average Bonchev–Trinajstić information content (AvgIpc) is 2.83.